The van der Waals surface area contributed by atoms with Crippen LogP contribution in [0.1, 0.15) is 0 Å². The van der Waals surface area contributed by atoms with E-state index in [9.17, 15) is 0 Å². The van der Waals surface area contributed by atoms with Gasteiger partial charge in [0.05, 0.1) is 34.5 Å². The fourth-order valence-corrected chi connectivity index (χ4v) is 4.64. The van der Waals surface area contributed by atoms with Gasteiger partial charge in [0, 0.05) is 50.0 Å². The smallest absolute Gasteiger partial charge is 0.186 e. The van der Waals surface area contributed by atoms with Gasteiger partial charge in [0.1, 0.15) is 5.82 Å². The first-order valence-corrected chi connectivity index (χ1v) is 10.2. The summed E-state index contributed by atoms with van der Waals surface area (Å²) in [4.78, 5) is 18.5. The molecular weight excluding hydrogens is 394 g/mol. The Morgan fingerprint density at radius 2 is 1.82 bits per heavy atom. The van der Waals surface area contributed by atoms with Gasteiger partial charge in [0.25, 0.3) is 0 Å². The molecule has 4 heterocycles. The number of benzene rings is 1. The van der Waals surface area contributed by atoms with Crippen LogP contribution in [0.3, 0.4) is 0 Å². The van der Waals surface area contributed by atoms with E-state index in [0.29, 0.717) is 0 Å². The standard InChI is InChI=1S/C19H18ClN7S/c1-25-12-13(9-22-25)16-10-21-11-18(23-16)26-4-6-27(7-5-26)19-24-15-3-2-14(20)8-17(15)28-19/h2-3,8-12H,4-7H2,1H3. The minimum absolute atomic E-state index is 0.750. The van der Waals surface area contributed by atoms with Gasteiger partial charge in [-0.15, -0.1) is 0 Å². The Bertz CT molecular complexity index is 1130. The third-order valence-electron chi connectivity index (χ3n) is 4.84. The molecule has 28 heavy (non-hydrogen) atoms. The number of anilines is 2. The Morgan fingerprint density at radius 3 is 2.61 bits per heavy atom. The van der Waals surface area contributed by atoms with Crippen LogP contribution in [0.25, 0.3) is 21.5 Å². The Hall–Kier alpha value is -2.71. The molecule has 0 aliphatic carbocycles. The number of aromatic nitrogens is 5. The summed E-state index contributed by atoms with van der Waals surface area (Å²) in [5, 5.41) is 6.01. The number of fused-ring (bicyclic) bond motifs is 1. The van der Waals surface area contributed by atoms with Gasteiger partial charge in [0.2, 0.25) is 0 Å². The molecule has 5 rings (SSSR count). The van der Waals surface area contributed by atoms with E-state index >= 15 is 0 Å². The second-order valence-electron chi connectivity index (χ2n) is 6.75. The summed E-state index contributed by atoms with van der Waals surface area (Å²) in [5.74, 6) is 0.900. The van der Waals surface area contributed by atoms with Crippen molar-refractivity contribution in [2.24, 2.45) is 7.05 Å². The van der Waals surface area contributed by atoms with Gasteiger partial charge in [-0.2, -0.15) is 5.10 Å². The first-order valence-electron chi connectivity index (χ1n) is 9.03. The molecule has 0 radical (unpaired) electrons. The van der Waals surface area contributed by atoms with Crippen molar-refractivity contribution in [3.63, 3.8) is 0 Å². The summed E-state index contributed by atoms with van der Waals surface area (Å²) in [6.45, 7) is 3.54. The lowest BCUT2D eigenvalue weighted by Gasteiger charge is -2.35. The van der Waals surface area contributed by atoms with Crippen molar-refractivity contribution < 1.29 is 0 Å². The third kappa shape index (κ3) is 3.29. The van der Waals surface area contributed by atoms with E-state index in [1.807, 2.05) is 43.8 Å². The molecule has 4 aromatic rings. The van der Waals surface area contributed by atoms with Crippen LogP contribution in [-0.4, -0.2) is 50.9 Å². The van der Waals surface area contributed by atoms with Gasteiger partial charge in [-0.3, -0.25) is 9.67 Å². The number of halogens is 1. The van der Waals surface area contributed by atoms with Gasteiger partial charge in [0.15, 0.2) is 5.13 Å². The van der Waals surface area contributed by atoms with Crippen LogP contribution in [0, 0.1) is 0 Å². The molecule has 1 aromatic carbocycles. The molecule has 0 saturated carbocycles. The highest BCUT2D eigenvalue weighted by molar-refractivity contribution is 7.22. The van der Waals surface area contributed by atoms with Crippen LogP contribution < -0.4 is 9.80 Å². The zero-order valence-electron chi connectivity index (χ0n) is 15.3. The number of nitrogens with zero attached hydrogens (tertiary/aromatic N) is 7. The zero-order valence-corrected chi connectivity index (χ0v) is 16.9. The highest BCUT2D eigenvalue weighted by atomic mass is 35.5. The molecule has 142 valence electrons. The molecule has 1 aliphatic rings. The molecule has 7 nitrogen and oxygen atoms in total. The van der Waals surface area contributed by atoms with E-state index in [-0.39, 0.29) is 0 Å². The van der Waals surface area contributed by atoms with Crippen molar-refractivity contribution >= 4 is 44.1 Å². The maximum atomic E-state index is 6.10. The van der Waals surface area contributed by atoms with Crippen LogP contribution in [0.15, 0.2) is 43.0 Å². The van der Waals surface area contributed by atoms with Crippen LogP contribution >= 0.6 is 22.9 Å². The maximum absolute atomic E-state index is 6.10. The minimum Gasteiger partial charge on any atom is -0.352 e. The lowest BCUT2D eigenvalue weighted by molar-refractivity contribution is 0.645. The number of hydrogen-bond donors (Lipinski definition) is 0. The molecule has 0 N–H and O–H groups in total. The average molecular weight is 412 g/mol. The van der Waals surface area contributed by atoms with Crippen molar-refractivity contribution in [3.05, 3.63) is 48.0 Å². The van der Waals surface area contributed by atoms with Crippen LogP contribution in [0.4, 0.5) is 10.9 Å². The summed E-state index contributed by atoms with van der Waals surface area (Å²) in [6, 6.07) is 5.85. The predicted octanol–water partition coefficient (Wildman–Crippen LogP) is 3.47. The van der Waals surface area contributed by atoms with Gasteiger partial charge in [-0.1, -0.05) is 22.9 Å². The van der Waals surface area contributed by atoms with Crippen molar-refractivity contribution in [1.82, 2.24) is 24.7 Å². The van der Waals surface area contributed by atoms with Crippen molar-refractivity contribution in [2.75, 3.05) is 36.0 Å². The minimum atomic E-state index is 0.750. The van der Waals surface area contributed by atoms with E-state index < -0.39 is 0 Å². The molecule has 1 saturated heterocycles. The summed E-state index contributed by atoms with van der Waals surface area (Å²) >= 11 is 7.79. The highest BCUT2D eigenvalue weighted by Gasteiger charge is 2.21. The molecule has 0 amide bonds. The summed E-state index contributed by atoms with van der Waals surface area (Å²) in [6.07, 6.45) is 7.37. The predicted molar refractivity (Wildman–Crippen MR) is 113 cm³/mol. The van der Waals surface area contributed by atoms with E-state index in [1.54, 1.807) is 22.2 Å². The Kier molecular flexibility index (Phi) is 4.37. The molecule has 0 unspecified atom stereocenters. The molecule has 3 aromatic heterocycles. The fourth-order valence-electron chi connectivity index (χ4n) is 3.35. The highest BCUT2D eigenvalue weighted by Crippen LogP contribution is 2.31. The molecule has 0 spiro atoms. The van der Waals surface area contributed by atoms with E-state index in [0.717, 1.165) is 63.6 Å². The van der Waals surface area contributed by atoms with Crippen molar-refractivity contribution in [3.8, 4) is 11.3 Å². The van der Waals surface area contributed by atoms with E-state index in [2.05, 4.69) is 19.9 Å². The van der Waals surface area contributed by atoms with Crippen LogP contribution in [0.2, 0.25) is 5.02 Å². The largest absolute Gasteiger partial charge is 0.352 e. The average Bonchev–Trinajstić information content (AvgIpc) is 3.34. The molecule has 1 fully saturated rings. The second-order valence-corrected chi connectivity index (χ2v) is 8.19. The van der Waals surface area contributed by atoms with Gasteiger partial charge < -0.3 is 9.80 Å². The lowest BCUT2D eigenvalue weighted by atomic mass is 10.2. The number of hydrogen-bond acceptors (Lipinski definition) is 7. The Labute approximate surface area is 171 Å². The number of thiazole rings is 1. The van der Waals surface area contributed by atoms with E-state index in [1.165, 1.54) is 0 Å². The Morgan fingerprint density at radius 1 is 1.00 bits per heavy atom. The number of aryl methyl sites for hydroxylation is 1. The van der Waals surface area contributed by atoms with Gasteiger partial charge >= 0.3 is 0 Å². The van der Waals surface area contributed by atoms with Gasteiger partial charge in [-0.05, 0) is 18.2 Å². The quantitative estimate of drug-likeness (QED) is 0.514. The van der Waals surface area contributed by atoms with Crippen molar-refractivity contribution in [1.29, 1.82) is 0 Å². The fraction of sp³-hybridized carbons (Fsp3) is 0.263. The topological polar surface area (TPSA) is 63.0 Å². The molecule has 1 aliphatic heterocycles. The molecule has 9 heteroatoms. The molecule has 0 bridgehead atoms. The zero-order chi connectivity index (χ0) is 19.1. The Balaban J connectivity index is 1.31. The lowest BCUT2D eigenvalue weighted by Crippen LogP contribution is -2.46. The van der Waals surface area contributed by atoms with Crippen LogP contribution in [-0.2, 0) is 7.05 Å². The SMILES string of the molecule is Cn1cc(-c2cncc(N3CCN(c4nc5ccc(Cl)cc5s4)CC3)n2)cn1. The van der Waals surface area contributed by atoms with Crippen molar-refractivity contribution in [2.45, 2.75) is 0 Å². The number of piperazine rings is 1. The second kappa shape index (κ2) is 7.03. The third-order valence-corrected chi connectivity index (χ3v) is 6.15. The van der Waals surface area contributed by atoms with Crippen LogP contribution in [0.5, 0.6) is 0 Å². The summed E-state index contributed by atoms with van der Waals surface area (Å²) in [5.41, 5.74) is 2.82. The normalized spacial score (nSPS) is 14.8. The molecular formula is C19H18ClN7S. The van der Waals surface area contributed by atoms with E-state index in [4.69, 9.17) is 21.6 Å². The first kappa shape index (κ1) is 17.4. The number of rotatable bonds is 3. The monoisotopic (exact) mass is 411 g/mol. The maximum Gasteiger partial charge on any atom is 0.186 e. The summed E-state index contributed by atoms with van der Waals surface area (Å²) < 4.78 is 2.90. The first-order chi connectivity index (χ1) is 13.7. The summed E-state index contributed by atoms with van der Waals surface area (Å²) in [7, 11) is 1.90. The van der Waals surface area contributed by atoms with Gasteiger partial charge in [-0.25, -0.2) is 9.97 Å². The molecule has 0 atom stereocenters.